The van der Waals surface area contributed by atoms with E-state index in [1.165, 1.54) is 4.90 Å². The number of carboxylic acid groups (broad SMARTS) is 1. The molecule has 0 spiro atoms. The highest BCUT2D eigenvalue weighted by molar-refractivity contribution is 5.96. The lowest BCUT2D eigenvalue weighted by molar-refractivity contribution is -0.146. The zero-order valence-corrected chi connectivity index (χ0v) is 26.7. The van der Waals surface area contributed by atoms with Crippen LogP contribution in [0.1, 0.15) is 84.6 Å². The molecule has 244 valence electrons. The van der Waals surface area contributed by atoms with E-state index in [1.54, 1.807) is 27.0 Å². The van der Waals surface area contributed by atoms with Crippen molar-refractivity contribution < 1.29 is 33.8 Å². The van der Waals surface area contributed by atoms with Crippen molar-refractivity contribution in [3.05, 3.63) is 42.1 Å². The fourth-order valence-corrected chi connectivity index (χ4v) is 6.96. The van der Waals surface area contributed by atoms with Gasteiger partial charge in [-0.25, -0.2) is 9.59 Å². The molecular weight excluding hydrogens is 576 g/mol. The molecule has 5 atom stereocenters. The summed E-state index contributed by atoms with van der Waals surface area (Å²) in [5, 5.41) is 16.6. The predicted octanol–water partition coefficient (Wildman–Crippen LogP) is 4.56. The number of carbonyl (C=O) groups excluding carboxylic acids is 3. The summed E-state index contributed by atoms with van der Waals surface area (Å²) in [7, 11) is 0. The van der Waals surface area contributed by atoms with Crippen molar-refractivity contribution in [3.63, 3.8) is 0 Å². The van der Waals surface area contributed by atoms with Crippen molar-refractivity contribution in [2.75, 3.05) is 6.54 Å². The molecule has 2 saturated carbocycles. The molecule has 3 unspecified atom stereocenters. The Morgan fingerprint density at radius 3 is 2.51 bits per heavy atom. The normalized spacial score (nSPS) is 25.9. The molecule has 3 fully saturated rings. The fraction of sp³-hybridized carbons (Fsp3) is 0.618. The number of hydrogen-bond acceptors (Lipinski definition) is 7. The number of aromatic nitrogens is 1. The highest BCUT2D eigenvalue weighted by Crippen LogP contribution is 2.46. The summed E-state index contributed by atoms with van der Waals surface area (Å²) in [5.41, 5.74) is -0.367. The van der Waals surface area contributed by atoms with E-state index in [1.807, 2.05) is 37.3 Å². The Hall–Kier alpha value is -3.73. The molecule has 2 aromatic rings. The SMILES string of the molecule is CCC1CC1(NC(=O)[C@@H]1CC(OCc2cccc3cccnc23)CN1C(=O)[C@@H](NC(=O)OC(C)(C)C)C1CCCCC1)C(=O)O. The lowest BCUT2D eigenvalue weighted by atomic mass is 9.83. The molecule has 2 heterocycles. The lowest BCUT2D eigenvalue weighted by Gasteiger charge is -2.35. The van der Waals surface area contributed by atoms with Crippen molar-refractivity contribution in [2.45, 2.75) is 115 Å². The van der Waals surface area contributed by atoms with Crippen LogP contribution in [0.4, 0.5) is 4.79 Å². The summed E-state index contributed by atoms with van der Waals surface area (Å²) in [6, 6.07) is 7.87. The molecule has 1 aromatic heterocycles. The number of hydrogen-bond donors (Lipinski definition) is 3. The van der Waals surface area contributed by atoms with Gasteiger partial charge in [0.1, 0.15) is 23.2 Å². The minimum atomic E-state index is -1.33. The van der Waals surface area contributed by atoms with E-state index in [0.717, 1.165) is 48.6 Å². The van der Waals surface area contributed by atoms with Crippen LogP contribution in [0.25, 0.3) is 10.9 Å². The molecular formula is C34H46N4O7. The molecule has 11 nitrogen and oxygen atoms in total. The minimum Gasteiger partial charge on any atom is -0.479 e. The Morgan fingerprint density at radius 1 is 1.11 bits per heavy atom. The number of pyridine rings is 1. The molecule has 3 aliphatic rings. The van der Waals surface area contributed by atoms with E-state index < -0.39 is 47.3 Å². The van der Waals surface area contributed by atoms with Gasteiger partial charge in [0.25, 0.3) is 0 Å². The third-order valence-electron chi connectivity index (χ3n) is 9.42. The predicted molar refractivity (Wildman–Crippen MR) is 167 cm³/mol. The van der Waals surface area contributed by atoms with Crippen LogP contribution in [0.5, 0.6) is 0 Å². The third kappa shape index (κ3) is 7.40. The van der Waals surface area contributed by atoms with Gasteiger partial charge >= 0.3 is 12.1 Å². The first-order valence-electron chi connectivity index (χ1n) is 16.2. The van der Waals surface area contributed by atoms with E-state index in [2.05, 4.69) is 15.6 Å². The van der Waals surface area contributed by atoms with Gasteiger partial charge < -0.3 is 30.1 Å². The summed E-state index contributed by atoms with van der Waals surface area (Å²) < 4.78 is 11.8. The van der Waals surface area contributed by atoms with Crippen molar-refractivity contribution in [1.29, 1.82) is 0 Å². The number of likely N-dealkylation sites (tertiary alicyclic amines) is 1. The second-order valence-electron chi connectivity index (χ2n) is 13.8. The average molecular weight is 623 g/mol. The molecule has 0 bridgehead atoms. The summed E-state index contributed by atoms with van der Waals surface area (Å²) in [6.07, 6.45) is 6.21. The van der Waals surface area contributed by atoms with Crippen LogP contribution in [0.3, 0.4) is 0 Å². The van der Waals surface area contributed by atoms with Crippen LogP contribution in [0.2, 0.25) is 0 Å². The smallest absolute Gasteiger partial charge is 0.408 e. The van der Waals surface area contributed by atoms with Gasteiger partial charge in [-0.2, -0.15) is 0 Å². The topological polar surface area (TPSA) is 147 Å². The number of fused-ring (bicyclic) bond motifs is 1. The first-order valence-corrected chi connectivity index (χ1v) is 16.2. The Bertz CT molecular complexity index is 1410. The molecule has 3 N–H and O–H groups in total. The molecule has 11 heteroatoms. The van der Waals surface area contributed by atoms with E-state index in [4.69, 9.17) is 9.47 Å². The highest BCUT2D eigenvalue weighted by Gasteiger charge is 2.61. The number of amides is 3. The zero-order valence-electron chi connectivity index (χ0n) is 26.7. The van der Waals surface area contributed by atoms with Gasteiger partial charge in [-0.3, -0.25) is 14.6 Å². The maximum atomic E-state index is 14.4. The minimum absolute atomic E-state index is 0.109. The first-order chi connectivity index (χ1) is 21.4. The van der Waals surface area contributed by atoms with Crippen molar-refractivity contribution >= 4 is 34.8 Å². The molecule has 1 aromatic carbocycles. The Balaban J connectivity index is 1.39. The second-order valence-corrected chi connectivity index (χ2v) is 13.8. The van der Waals surface area contributed by atoms with Gasteiger partial charge in [0.2, 0.25) is 11.8 Å². The number of nitrogens with one attached hydrogen (secondary N) is 2. The van der Waals surface area contributed by atoms with Gasteiger partial charge in [0.15, 0.2) is 0 Å². The maximum absolute atomic E-state index is 14.4. The van der Waals surface area contributed by atoms with Crippen LogP contribution < -0.4 is 10.6 Å². The third-order valence-corrected chi connectivity index (χ3v) is 9.42. The Morgan fingerprint density at radius 2 is 1.84 bits per heavy atom. The lowest BCUT2D eigenvalue weighted by Crippen LogP contribution is -2.58. The maximum Gasteiger partial charge on any atom is 0.408 e. The van der Waals surface area contributed by atoms with Crippen LogP contribution in [-0.2, 0) is 30.5 Å². The number of carbonyl (C=O) groups is 4. The number of ether oxygens (including phenoxy) is 2. The summed E-state index contributed by atoms with van der Waals surface area (Å²) in [6.45, 7) is 7.55. The first kappa shape index (κ1) is 32.7. The number of benzene rings is 1. The highest BCUT2D eigenvalue weighted by atomic mass is 16.6. The number of rotatable bonds is 10. The average Bonchev–Trinajstić information content (AvgIpc) is 3.56. The molecule has 45 heavy (non-hydrogen) atoms. The van der Waals surface area contributed by atoms with Crippen molar-refractivity contribution in [3.8, 4) is 0 Å². The van der Waals surface area contributed by atoms with Crippen LogP contribution in [0.15, 0.2) is 36.5 Å². The van der Waals surface area contributed by atoms with Crippen LogP contribution >= 0.6 is 0 Å². The molecule has 5 rings (SSSR count). The van der Waals surface area contributed by atoms with Gasteiger partial charge in [0.05, 0.1) is 18.2 Å². The van der Waals surface area contributed by atoms with Gasteiger partial charge in [-0.1, -0.05) is 56.9 Å². The number of nitrogens with zero attached hydrogens (tertiary/aromatic N) is 2. The standard InChI is InChI=1S/C34H46N4O7/c1-5-24-18-34(24,31(41)42)37-29(39)26-17-25(44-20-23-14-9-13-21-15-10-16-35-27(21)23)19-38(26)30(40)28(22-11-7-6-8-12-22)36-32(43)45-33(2,3)4/h9-10,13-16,22,24-26,28H,5-8,11-12,17-20H2,1-4H3,(H,36,43)(H,37,39)(H,41,42)/t24?,25?,26-,28-,34?/m0/s1. The monoisotopic (exact) mass is 622 g/mol. The van der Waals surface area contributed by atoms with Crippen molar-refractivity contribution in [1.82, 2.24) is 20.5 Å². The fourth-order valence-electron chi connectivity index (χ4n) is 6.96. The molecule has 2 aliphatic carbocycles. The van der Waals surface area contributed by atoms with Gasteiger partial charge in [-0.15, -0.1) is 0 Å². The van der Waals surface area contributed by atoms with E-state index in [9.17, 15) is 24.3 Å². The van der Waals surface area contributed by atoms with E-state index in [0.29, 0.717) is 12.8 Å². The number of carboxylic acids is 1. The Labute approximate surface area is 264 Å². The van der Waals surface area contributed by atoms with E-state index in [-0.39, 0.29) is 37.3 Å². The number of para-hydroxylation sites is 1. The molecule has 1 saturated heterocycles. The summed E-state index contributed by atoms with van der Waals surface area (Å²) in [4.78, 5) is 59.4. The van der Waals surface area contributed by atoms with E-state index >= 15 is 0 Å². The zero-order chi connectivity index (χ0) is 32.4. The summed E-state index contributed by atoms with van der Waals surface area (Å²) in [5.74, 6) is -2.24. The van der Waals surface area contributed by atoms with Crippen LogP contribution in [-0.4, -0.2) is 74.7 Å². The van der Waals surface area contributed by atoms with Gasteiger partial charge in [0, 0.05) is 30.1 Å². The van der Waals surface area contributed by atoms with Gasteiger partial charge in [-0.05, 0) is 57.9 Å². The Kier molecular flexibility index (Phi) is 9.67. The molecule has 0 radical (unpaired) electrons. The van der Waals surface area contributed by atoms with Crippen molar-refractivity contribution in [2.24, 2.45) is 11.8 Å². The number of aliphatic carboxylic acids is 1. The van der Waals surface area contributed by atoms with Crippen LogP contribution in [0, 0.1) is 11.8 Å². The number of alkyl carbamates (subject to hydrolysis) is 1. The quantitative estimate of drug-likeness (QED) is 0.349. The largest absolute Gasteiger partial charge is 0.479 e. The molecule has 3 amide bonds. The molecule has 1 aliphatic heterocycles. The second kappa shape index (κ2) is 13.3. The summed E-state index contributed by atoms with van der Waals surface area (Å²) >= 11 is 0.